The number of carbonyl (C=O) groups is 2. The smallest absolute Gasteiger partial charge is 0.196 e. The lowest BCUT2D eigenvalue weighted by molar-refractivity contribution is -0.111. The summed E-state index contributed by atoms with van der Waals surface area (Å²) in [7, 11) is 0. The van der Waals surface area contributed by atoms with Gasteiger partial charge in [0.05, 0.1) is 12.8 Å². The molecule has 1 aliphatic rings. The molecule has 1 rings (SSSR count). The van der Waals surface area contributed by atoms with Gasteiger partial charge in [-0.25, -0.2) is 0 Å². The normalized spacial score (nSPS) is 14.2. The molecule has 1 aliphatic heterocycles. The molecule has 0 aliphatic carbocycles. The molecule has 0 amide bonds. The number of carbonyl (C=O) groups excluding carboxylic acids is 2. The lowest BCUT2D eigenvalue weighted by Gasteiger charge is -1.75. The van der Waals surface area contributed by atoms with Gasteiger partial charge < -0.3 is 10.2 Å². The quantitative estimate of drug-likeness (QED) is 0.437. The lowest BCUT2D eigenvalue weighted by Crippen LogP contribution is -2.07. The van der Waals surface area contributed by atoms with Gasteiger partial charge in [-0.3, -0.25) is 4.79 Å². The molecule has 0 atom stereocenters. The molecule has 0 saturated carbocycles. The number of nitrogens with one attached hydrogen (secondary N) is 1. The van der Waals surface area contributed by atoms with Crippen LogP contribution in [0.2, 0.25) is 0 Å². The van der Waals surface area contributed by atoms with Crippen molar-refractivity contribution in [2.24, 2.45) is 5.10 Å². The first-order valence-corrected chi connectivity index (χ1v) is 1.97. The Morgan fingerprint density at radius 3 is 2.50 bits per heavy atom. The van der Waals surface area contributed by atoms with E-state index in [-0.39, 0.29) is 5.78 Å². The van der Waals surface area contributed by atoms with Gasteiger partial charge in [-0.05, 0) is 0 Å². The first kappa shape index (κ1) is 6.81. The molecule has 4 heteroatoms. The number of nitrogens with zero attached hydrogens (tertiary/aromatic N) is 1. The average molecular weight is 114 g/mol. The molecule has 0 saturated heterocycles. The second-order valence-electron chi connectivity index (χ2n) is 1.06. The van der Waals surface area contributed by atoms with E-state index in [1.54, 1.807) is 0 Å². The maximum atomic E-state index is 10.0. The second-order valence-corrected chi connectivity index (χ2v) is 1.06. The molecule has 0 spiro atoms. The van der Waals surface area contributed by atoms with Crippen LogP contribution in [-0.4, -0.2) is 25.3 Å². The third kappa shape index (κ3) is 2.07. The van der Waals surface area contributed by atoms with Gasteiger partial charge in [0.1, 0.15) is 6.79 Å². The standard InChI is InChI=1S/C3H4N2O.CH2O/c6-3-1-4-5-2-3;1-2/h1,5H,2H2;1H2. The molecule has 0 fully saturated rings. The molecule has 0 unspecified atom stereocenters. The Hall–Kier alpha value is -1.19. The topological polar surface area (TPSA) is 58.5 Å². The fourth-order valence-corrected chi connectivity index (χ4v) is 0.287. The number of rotatable bonds is 0. The molecule has 0 bridgehead atoms. The Kier molecular flexibility index (Phi) is 3.39. The van der Waals surface area contributed by atoms with E-state index >= 15 is 0 Å². The molecule has 44 valence electrons. The van der Waals surface area contributed by atoms with Crippen LogP contribution in [0.1, 0.15) is 0 Å². The molecule has 0 radical (unpaired) electrons. The zero-order valence-corrected chi connectivity index (χ0v) is 4.26. The summed E-state index contributed by atoms with van der Waals surface area (Å²) in [4.78, 5) is 18.0. The third-order valence-corrected chi connectivity index (χ3v) is 0.553. The lowest BCUT2D eigenvalue weighted by atomic mass is 10.5. The van der Waals surface area contributed by atoms with Crippen molar-refractivity contribution < 1.29 is 9.59 Å². The van der Waals surface area contributed by atoms with Crippen molar-refractivity contribution in [2.75, 3.05) is 6.54 Å². The Morgan fingerprint density at radius 2 is 2.38 bits per heavy atom. The first-order valence-electron chi connectivity index (χ1n) is 1.97. The van der Waals surface area contributed by atoms with Crippen molar-refractivity contribution in [1.29, 1.82) is 0 Å². The van der Waals surface area contributed by atoms with Crippen molar-refractivity contribution in [3.63, 3.8) is 0 Å². The highest BCUT2D eigenvalue weighted by molar-refractivity contribution is 6.29. The molecule has 8 heavy (non-hydrogen) atoms. The number of hydrogen-bond donors (Lipinski definition) is 1. The van der Waals surface area contributed by atoms with Gasteiger partial charge in [-0.1, -0.05) is 0 Å². The highest BCUT2D eigenvalue weighted by Crippen LogP contribution is 1.71. The molecular weight excluding hydrogens is 108 g/mol. The van der Waals surface area contributed by atoms with Gasteiger partial charge in [0.15, 0.2) is 5.78 Å². The SMILES string of the molecule is C=O.O=C1C=NNC1. The van der Waals surface area contributed by atoms with E-state index < -0.39 is 0 Å². The number of ketones is 1. The number of hydrogen-bond acceptors (Lipinski definition) is 4. The van der Waals surface area contributed by atoms with Crippen LogP contribution in [-0.2, 0) is 9.59 Å². The van der Waals surface area contributed by atoms with E-state index in [9.17, 15) is 4.79 Å². The van der Waals surface area contributed by atoms with Crippen molar-refractivity contribution in [2.45, 2.75) is 0 Å². The summed E-state index contributed by atoms with van der Waals surface area (Å²) in [5.41, 5.74) is 2.49. The Bertz CT molecular complexity index is 111. The number of hydrazone groups is 1. The minimum Gasteiger partial charge on any atom is -0.307 e. The van der Waals surface area contributed by atoms with Gasteiger partial charge in [0, 0.05) is 0 Å². The van der Waals surface area contributed by atoms with Crippen LogP contribution in [0.5, 0.6) is 0 Å². The summed E-state index contributed by atoms with van der Waals surface area (Å²) >= 11 is 0. The van der Waals surface area contributed by atoms with E-state index in [0.29, 0.717) is 6.54 Å². The summed E-state index contributed by atoms with van der Waals surface area (Å²) in [6, 6.07) is 0. The largest absolute Gasteiger partial charge is 0.307 e. The predicted molar refractivity (Wildman–Crippen MR) is 28.6 cm³/mol. The molecule has 0 aromatic heterocycles. The van der Waals surface area contributed by atoms with Gasteiger partial charge in [0.25, 0.3) is 0 Å². The molecule has 1 N–H and O–H groups in total. The summed E-state index contributed by atoms with van der Waals surface area (Å²) < 4.78 is 0. The van der Waals surface area contributed by atoms with Gasteiger partial charge in [-0.2, -0.15) is 5.10 Å². The Morgan fingerprint density at radius 1 is 1.75 bits per heavy atom. The van der Waals surface area contributed by atoms with Gasteiger partial charge in [0.2, 0.25) is 0 Å². The van der Waals surface area contributed by atoms with Gasteiger partial charge in [-0.15, -0.1) is 0 Å². The van der Waals surface area contributed by atoms with Crippen LogP contribution in [0.25, 0.3) is 0 Å². The van der Waals surface area contributed by atoms with Crippen LogP contribution in [0.4, 0.5) is 0 Å². The Balaban J connectivity index is 0.000000222. The maximum Gasteiger partial charge on any atom is 0.196 e. The minimum atomic E-state index is 0.0509. The highest BCUT2D eigenvalue weighted by atomic mass is 16.1. The maximum absolute atomic E-state index is 10.0. The van der Waals surface area contributed by atoms with E-state index in [1.165, 1.54) is 6.21 Å². The van der Waals surface area contributed by atoms with Crippen LogP contribution in [0, 0.1) is 0 Å². The van der Waals surface area contributed by atoms with Gasteiger partial charge >= 0.3 is 0 Å². The van der Waals surface area contributed by atoms with Crippen molar-refractivity contribution in [3.05, 3.63) is 0 Å². The molecule has 0 aromatic carbocycles. The van der Waals surface area contributed by atoms with Crippen molar-refractivity contribution in [3.8, 4) is 0 Å². The fourth-order valence-electron chi connectivity index (χ4n) is 0.287. The summed E-state index contributed by atoms with van der Waals surface area (Å²) in [6.07, 6.45) is 1.28. The minimum absolute atomic E-state index is 0.0509. The van der Waals surface area contributed by atoms with Crippen molar-refractivity contribution >= 4 is 18.8 Å². The second kappa shape index (κ2) is 3.98. The third-order valence-electron chi connectivity index (χ3n) is 0.553. The Labute approximate surface area is 46.6 Å². The summed E-state index contributed by atoms with van der Waals surface area (Å²) in [5, 5.41) is 3.44. The van der Waals surface area contributed by atoms with Crippen LogP contribution >= 0.6 is 0 Å². The average Bonchev–Trinajstić information content (AvgIpc) is 2.24. The van der Waals surface area contributed by atoms with E-state index in [2.05, 4.69) is 10.5 Å². The van der Waals surface area contributed by atoms with Crippen LogP contribution in [0.15, 0.2) is 5.10 Å². The van der Waals surface area contributed by atoms with E-state index in [4.69, 9.17) is 4.79 Å². The summed E-state index contributed by atoms with van der Waals surface area (Å²) in [6.45, 7) is 2.38. The molecule has 4 nitrogen and oxygen atoms in total. The van der Waals surface area contributed by atoms with Crippen molar-refractivity contribution in [1.82, 2.24) is 5.43 Å². The van der Waals surface area contributed by atoms with E-state index in [0.717, 1.165) is 0 Å². The highest BCUT2D eigenvalue weighted by Gasteiger charge is 1.98. The predicted octanol–water partition coefficient (Wildman–Crippen LogP) is -1.04. The molecule has 0 aromatic rings. The van der Waals surface area contributed by atoms with Crippen LogP contribution < -0.4 is 5.43 Å². The monoisotopic (exact) mass is 114 g/mol. The summed E-state index contributed by atoms with van der Waals surface area (Å²) in [5.74, 6) is 0.0509. The zero-order chi connectivity index (χ0) is 6.41. The van der Waals surface area contributed by atoms with E-state index in [1.807, 2.05) is 6.79 Å². The van der Waals surface area contributed by atoms with Crippen LogP contribution in [0.3, 0.4) is 0 Å². The molecule has 1 heterocycles. The zero-order valence-electron chi connectivity index (χ0n) is 4.26. The fraction of sp³-hybridized carbons (Fsp3) is 0.250. The number of Topliss-reactive ketones (excluding diaryl/α,β-unsaturated/α-hetero) is 1. The molecular formula is C4H6N2O2. The first-order chi connectivity index (χ1) is 3.89.